The molecule has 128 valence electrons. The van der Waals surface area contributed by atoms with Crippen LogP contribution in [0.2, 0.25) is 10.0 Å². The molecular weight excluding hydrogens is 363 g/mol. The van der Waals surface area contributed by atoms with Gasteiger partial charge in [-0.2, -0.15) is 5.26 Å². The largest absolute Gasteiger partial charge is 0.493 e. The van der Waals surface area contributed by atoms with Crippen LogP contribution in [0.4, 0.5) is 0 Å². The van der Waals surface area contributed by atoms with E-state index in [0.717, 1.165) is 5.56 Å². The highest BCUT2D eigenvalue weighted by Gasteiger charge is 2.13. The summed E-state index contributed by atoms with van der Waals surface area (Å²) in [7, 11) is 1.47. The van der Waals surface area contributed by atoms with Gasteiger partial charge in [0.25, 0.3) is 5.91 Å². The Hall–Kier alpha value is -2.68. The number of carbonyl (C=O) groups is 1. The van der Waals surface area contributed by atoms with Crippen LogP contribution in [-0.4, -0.2) is 13.0 Å². The van der Waals surface area contributed by atoms with E-state index in [4.69, 9.17) is 43.7 Å². The second-order valence-electron chi connectivity index (χ2n) is 4.98. The summed E-state index contributed by atoms with van der Waals surface area (Å²) < 4.78 is 11.0. The smallest absolute Gasteiger partial charge is 0.259 e. The summed E-state index contributed by atoms with van der Waals surface area (Å²) in [5.41, 5.74) is 6.35. The van der Waals surface area contributed by atoms with Crippen LogP contribution in [0.1, 0.15) is 11.1 Å². The van der Waals surface area contributed by atoms with Gasteiger partial charge >= 0.3 is 0 Å². The van der Waals surface area contributed by atoms with Crippen molar-refractivity contribution in [3.8, 4) is 17.6 Å². The average molecular weight is 377 g/mol. The summed E-state index contributed by atoms with van der Waals surface area (Å²) in [6, 6.07) is 12.1. The van der Waals surface area contributed by atoms with Crippen molar-refractivity contribution in [2.24, 2.45) is 5.73 Å². The van der Waals surface area contributed by atoms with Crippen LogP contribution in [0.15, 0.2) is 42.0 Å². The Morgan fingerprint density at radius 2 is 1.96 bits per heavy atom. The number of carbonyl (C=O) groups excluding carboxylic acids is 1. The molecule has 0 heterocycles. The molecule has 0 aromatic heterocycles. The number of benzene rings is 2. The van der Waals surface area contributed by atoms with E-state index >= 15 is 0 Å². The Bertz CT molecular complexity index is 856. The maximum absolute atomic E-state index is 11.2. The molecule has 1 amide bonds. The van der Waals surface area contributed by atoms with Crippen LogP contribution in [-0.2, 0) is 11.4 Å². The fraction of sp³-hybridized carbons (Fsp3) is 0.111. The number of halogens is 2. The summed E-state index contributed by atoms with van der Waals surface area (Å²) in [4.78, 5) is 11.2. The van der Waals surface area contributed by atoms with Crippen molar-refractivity contribution in [1.82, 2.24) is 0 Å². The number of ether oxygens (including phenoxy) is 2. The van der Waals surface area contributed by atoms with E-state index in [2.05, 4.69) is 0 Å². The van der Waals surface area contributed by atoms with Crippen molar-refractivity contribution < 1.29 is 14.3 Å². The molecular formula is C18H14Cl2N2O3. The van der Waals surface area contributed by atoms with Gasteiger partial charge < -0.3 is 15.2 Å². The Kier molecular flexibility index (Phi) is 6.29. The minimum absolute atomic E-state index is 0.187. The van der Waals surface area contributed by atoms with Crippen LogP contribution in [0.3, 0.4) is 0 Å². The van der Waals surface area contributed by atoms with Gasteiger partial charge in [-0.25, -0.2) is 0 Å². The molecule has 0 spiro atoms. The van der Waals surface area contributed by atoms with Crippen LogP contribution in [0.25, 0.3) is 6.08 Å². The molecule has 2 aromatic rings. The van der Waals surface area contributed by atoms with Gasteiger partial charge in [0.15, 0.2) is 11.5 Å². The molecule has 0 aliphatic rings. The predicted molar refractivity (Wildman–Crippen MR) is 96.6 cm³/mol. The van der Waals surface area contributed by atoms with E-state index in [9.17, 15) is 4.79 Å². The number of hydrogen-bond acceptors (Lipinski definition) is 4. The lowest BCUT2D eigenvalue weighted by Gasteiger charge is -2.13. The highest BCUT2D eigenvalue weighted by Crippen LogP contribution is 2.37. The normalized spacial score (nSPS) is 10.9. The summed E-state index contributed by atoms with van der Waals surface area (Å²) in [6.07, 6.45) is 1.33. The van der Waals surface area contributed by atoms with E-state index < -0.39 is 5.91 Å². The fourth-order valence-electron chi connectivity index (χ4n) is 2.02. The first-order chi connectivity index (χ1) is 11.9. The first kappa shape index (κ1) is 18.7. The van der Waals surface area contributed by atoms with Crippen LogP contribution in [0, 0.1) is 11.3 Å². The number of amides is 1. The van der Waals surface area contributed by atoms with Crippen molar-refractivity contribution in [2.45, 2.75) is 6.61 Å². The van der Waals surface area contributed by atoms with E-state index in [1.54, 1.807) is 30.3 Å². The summed E-state index contributed by atoms with van der Waals surface area (Å²) >= 11 is 12.1. The third-order valence-corrected chi connectivity index (χ3v) is 3.78. The lowest BCUT2D eigenvalue weighted by Crippen LogP contribution is -2.12. The first-order valence-corrected chi connectivity index (χ1v) is 7.86. The molecule has 0 atom stereocenters. The second-order valence-corrected chi connectivity index (χ2v) is 5.83. The third-order valence-electron chi connectivity index (χ3n) is 3.25. The summed E-state index contributed by atoms with van der Waals surface area (Å²) in [5, 5.41) is 9.84. The maximum atomic E-state index is 11.2. The molecule has 0 aliphatic heterocycles. The van der Waals surface area contributed by atoms with Gasteiger partial charge in [0, 0.05) is 5.02 Å². The van der Waals surface area contributed by atoms with Crippen LogP contribution >= 0.6 is 23.2 Å². The zero-order valence-electron chi connectivity index (χ0n) is 13.3. The molecule has 0 saturated heterocycles. The Morgan fingerprint density at radius 1 is 1.28 bits per heavy atom. The van der Waals surface area contributed by atoms with Crippen molar-refractivity contribution in [3.05, 3.63) is 63.1 Å². The third kappa shape index (κ3) is 4.90. The Labute approximate surface area is 155 Å². The van der Waals surface area contributed by atoms with E-state index in [1.807, 2.05) is 12.1 Å². The number of rotatable bonds is 6. The SMILES string of the molecule is COc1cc(/C=C(/C#N)C(N)=O)cc(Cl)c1OCc1ccc(Cl)cc1. The van der Waals surface area contributed by atoms with Gasteiger partial charge in [-0.15, -0.1) is 0 Å². The lowest BCUT2D eigenvalue weighted by molar-refractivity contribution is -0.114. The van der Waals surface area contributed by atoms with Crippen LogP contribution < -0.4 is 15.2 Å². The molecule has 0 fully saturated rings. The van der Waals surface area contributed by atoms with Crippen molar-refractivity contribution in [1.29, 1.82) is 5.26 Å². The molecule has 5 nitrogen and oxygen atoms in total. The van der Waals surface area contributed by atoms with Crippen molar-refractivity contribution >= 4 is 35.2 Å². The molecule has 0 saturated carbocycles. The van der Waals surface area contributed by atoms with Crippen molar-refractivity contribution in [3.63, 3.8) is 0 Å². The number of nitrogens with zero attached hydrogens (tertiary/aromatic N) is 1. The monoisotopic (exact) mass is 376 g/mol. The quantitative estimate of drug-likeness (QED) is 0.610. The average Bonchev–Trinajstić information content (AvgIpc) is 2.59. The molecule has 0 bridgehead atoms. The highest BCUT2D eigenvalue weighted by atomic mass is 35.5. The molecule has 0 radical (unpaired) electrons. The fourth-order valence-corrected chi connectivity index (χ4v) is 2.42. The van der Waals surface area contributed by atoms with Crippen LogP contribution in [0.5, 0.6) is 11.5 Å². The molecule has 2 aromatic carbocycles. The second kappa shape index (κ2) is 8.43. The molecule has 2 rings (SSSR count). The van der Waals surface area contributed by atoms with E-state index in [0.29, 0.717) is 22.1 Å². The molecule has 25 heavy (non-hydrogen) atoms. The van der Waals surface area contributed by atoms with Gasteiger partial charge in [0.05, 0.1) is 12.1 Å². The Balaban J connectivity index is 2.29. The molecule has 7 heteroatoms. The van der Waals surface area contributed by atoms with Gasteiger partial charge in [0.1, 0.15) is 18.2 Å². The van der Waals surface area contributed by atoms with E-state index in [1.165, 1.54) is 13.2 Å². The minimum atomic E-state index is -0.819. The molecule has 0 unspecified atom stereocenters. The molecule has 0 aliphatic carbocycles. The zero-order chi connectivity index (χ0) is 18.4. The zero-order valence-corrected chi connectivity index (χ0v) is 14.8. The van der Waals surface area contributed by atoms with Crippen molar-refractivity contribution in [2.75, 3.05) is 7.11 Å². The van der Waals surface area contributed by atoms with Gasteiger partial charge in [-0.1, -0.05) is 35.3 Å². The topological polar surface area (TPSA) is 85.3 Å². The van der Waals surface area contributed by atoms with E-state index in [-0.39, 0.29) is 17.2 Å². The van der Waals surface area contributed by atoms with Gasteiger partial charge in [-0.3, -0.25) is 4.79 Å². The number of hydrogen-bond donors (Lipinski definition) is 1. The summed E-state index contributed by atoms with van der Waals surface area (Å²) in [5.74, 6) is -0.0935. The Morgan fingerprint density at radius 3 is 2.52 bits per heavy atom. The number of primary amides is 1. The lowest BCUT2D eigenvalue weighted by atomic mass is 10.1. The van der Waals surface area contributed by atoms with Gasteiger partial charge in [0.2, 0.25) is 0 Å². The number of nitrogens with two attached hydrogens (primary N) is 1. The number of methoxy groups -OCH3 is 1. The standard InChI is InChI=1S/C18H14Cl2N2O3/c1-24-16-8-12(6-13(9-21)18(22)23)7-15(20)17(16)25-10-11-2-4-14(19)5-3-11/h2-8H,10H2,1H3,(H2,22,23)/b13-6-. The molecule has 2 N–H and O–H groups in total. The number of nitriles is 1. The minimum Gasteiger partial charge on any atom is -0.493 e. The highest BCUT2D eigenvalue weighted by molar-refractivity contribution is 6.32. The summed E-state index contributed by atoms with van der Waals surface area (Å²) in [6.45, 7) is 0.271. The van der Waals surface area contributed by atoms with Gasteiger partial charge in [-0.05, 0) is 41.5 Å². The first-order valence-electron chi connectivity index (χ1n) is 7.11. The maximum Gasteiger partial charge on any atom is 0.259 e. The predicted octanol–water partition coefficient (Wildman–Crippen LogP) is 3.97.